The molecule has 0 amide bonds. The quantitative estimate of drug-likeness (QED) is 0.830. The van der Waals surface area contributed by atoms with Crippen molar-refractivity contribution in [2.75, 3.05) is 21.0 Å². The number of methoxy groups -OCH3 is 2. The first-order valence-corrected chi connectivity index (χ1v) is 4.98. The molecule has 0 saturated carbocycles. The van der Waals surface area contributed by atoms with Crippen molar-refractivity contribution in [1.82, 2.24) is 0 Å². The Bertz CT molecular complexity index is 451. The lowest BCUT2D eigenvalue weighted by atomic mass is 10.1. The molecule has 1 aliphatic heterocycles. The van der Waals surface area contributed by atoms with Crippen LogP contribution in [0, 0.1) is 0 Å². The second-order valence-electron chi connectivity index (χ2n) is 3.46. The lowest BCUT2D eigenvalue weighted by Crippen LogP contribution is -2.22. The summed E-state index contributed by atoms with van der Waals surface area (Å²) in [5.74, 6) is 0.993. The van der Waals surface area contributed by atoms with Crippen LogP contribution in [0.25, 0.3) is 0 Å². The molecular weight excluding hydrogens is 262 g/mol. The molecule has 7 heteroatoms. The molecule has 6 nitrogen and oxygen atoms in total. The van der Waals surface area contributed by atoms with Crippen LogP contribution in [0.4, 0.5) is 0 Å². The van der Waals surface area contributed by atoms with E-state index in [1.54, 1.807) is 12.1 Å². The summed E-state index contributed by atoms with van der Waals surface area (Å²) in [5.41, 5.74) is 6.29. The first-order chi connectivity index (χ1) is 8.17. The van der Waals surface area contributed by atoms with E-state index in [2.05, 4.69) is 4.74 Å². The fourth-order valence-corrected chi connectivity index (χ4v) is 1.59. The van der Waals surface area contributed by atoms with Crippen LogP contribution in [-0.4, -0.2) is 27.0 Å². The number of rotatable bonds is 3. The van der Waals surface area contributed by atoms with Gasteiger partial charge in [-0.15, -0.1) is 12.4 Å². The molecule has 100 valence electrons. The Labute approximate surface area is 110 Å². The van der Waals surface area contributed by atoms with Crippen LogP contribution in [0.2, 0.25) is 0 Å². The SMILES string of the molecule is COC(=O)[C@@H](N)c1cc(OC)c2c(c1)OCO2.Cl. The molecule has 1 aromatic carbocycles. The van der Waals surface area contributed by atoms with Crippen molar-refractivity contribution in [3.8, 4) is 17.2 Å². The van der Waals surface area contributed by atoms with Crippen LogP contribution in [0.15, 0.2) is 12.1 Å². The summed E-state index contributed by atoms with van der Waals surface area (Å²) in [5, 5.41) is 0. The third kappa shape index (κ3) is 2.44. The molecule has 0 bridgehead atoms. The summed E-state index contributed by atoms with van der Waals surface area (Å²) < 4.78 is 20.2. The molecule has 0 radical (unpaired) electrons. The van der Waals surface area contributed by atoms with E-state index in [4.69, 9.17) is 19.9 Å². The molecule has 1 aromatic rings. The minimum atomic E-state index is -0.872. The number of hydrogen-bond donors (Lipinski definition) is 1. The highest BCUT2D eigenvalue weighted by atomic mass is 35.5. The first kappa shape index (κ1) is 14.4. The number of benzene rings is 1. The predicted molar refractivity (Wildman–Crippen MR) is 65.3 cm³/mol. The molecule has 0 aromatic heterocycles. The molecule has 0 saturated heterocycles. The predicted octanol–water partition coefficient (Wildman–Crippen LogP) is 1.02. The Morgan fingerprint density at radius 1 is 1.39 bits per heavy atom. The maximum atomic E-state index is 11.4. The van der Waals surface area contributed by atoms with Gasteiger partial charge in [-0.2, -0.15) is 0 Å². The summed E-state index contributed by atoms with van der Waals surface area (Å²) in [6.07, 6.45) is 0. The number of hydrogen-bond acceptors (Lipinski definition) is 6. The van der Waals surface area contributed by atoms with Crippen LogP contribution >= 0.6 is 12.4 Å². The van der Waals surface area contributed by atoms with Gasteiger partial charge in [0.1, 0.15) is 6.04 Å². The van der Waals surface area contributed by atoms with Gasteiger partial charge in [-0.05, 0) is 17.7 Å². The van der Waals surface area contributed by atoms with E-state index in [9.17, 15) is 4.79 Å². The molecular formula is C11H14ClNO5. The van der Waals surface area contributed by atoms with Gasteiger partial charge in [-0.3, -0.25) is 4.79 Å². The number of fused-ring (bicyclic) bond motifs is 1. The van der Waals surface area contributed by atoms with Gasteiger partial charge in [-0.25, -0.2) is 0 Å². The highest BCUT2D eigenvalue weighted by Gasteiger charge is 2.24. The second kappa shape index (κ2) is 5.79. The Morgan fingerprint density at radius 2 is 2.11 bits per heavy atom. The zero-order valence-electron chi connectivity index (χ0n) is 9.97. The van der Waals surface area contributed by atoms with Gasteiger partial charge in [-0.1, -0.05) is 0 Å². The van der Waals surface area contributed by atoms with E-state index in [1.807, 2.05) is 0 Å². The zero-order chi connectivity index (χ0) is 12.4. The summed E-state index contributed by atoms with van der Waals surface area (Å²) in [4.78, 5) is 11.4. The van der Waals surface area contributed by atoms with Crippen LogP contribution < -0.4 is 19.9 Å². The van der Waals surface area contributed by atoms with E-state index < -0.39 is 12.0 Å². The van der Waals surface area contributed by atoms with Crippen molar-refractivity contribution in [2.45, 2.75) is 6.04 Å². The number of ether oxygens (including phenoxy) is 4. The maximum absolute atomic E-state index is 11.4. The van der Waals surface area contributed by atoms with Gasteiger partial charge in [0, 0.05) is 0 Å². The van der Waals surface area contributed by atoms with Gasteiger partial charge in [0.05, 0.1) is 14.2 Å². The van der Waals surface area contributed by atoms with Crippen LogP contribution in [0.5, 0.6) is 17.2 Å². The summed E-state index contributed by atoms with van der Waals surface area (Å²) in [6, 6.07) is 2.41. The molecule has 0 aliphatic carbocycles. The van der Waals surface area contributed by atoms with E-state index >= 15 is 0 Å². The van der Waals surface area contributed by atoms with Crippen LogP contribution in [0.1, 0.15) is 11.6 Å². The molecule has 1 aliphatic rings. The standard InChI is InChI=1S/C11H13NO5.ClH/c1-14-7-3-6(9(12)11(13)15-2)4-8-10(7)17-5-16-8;/h3-4,9H,5,12H2,1-2H3;1H/t9-;/m0./s1. The Kier molecular flexibility index (Phi) is 4.63. The molecule has 1 heterocycles. The summed E-state index contributed by atoms with van der Waals surface area (Å²) >= 11 is 0. The number of esters is 1. The molecule has 0 spiro atoms. The molecule has 0 unspecified atom stereocenters. The van der Waals surface area contributed by atoms with Crippen molar-refractivity contribution in [3.63, 3.8) is 0 Å². The third-order valence-electron chi connectivity index (χ3n) is 2.49. The highest BCUT2D eigenvalue weighted by molar-refractivity contribution is 5.85. The topological polar surface area (TPSA) is 80.0 Å². The zero-order valence-corrected chi connectivity index (χ0v) is 10.8. The van der Waals surface area contributed by atoms with E-state index in [0.717, 1.165) is 0 Å². The third-order valence-corrected chi connectivity index (χ3v) is 2.49. The van der Waals surface area contributed by atoms with E-state index in [0.29, 0.717) is 22.8 Å². The number of nitrogens with two attached hydrogens (primary N) is 1. The lowest BCUT2D eigenvalue weighted by Gasteiger charge is -2.12. The Balaban J connectivity index is 0.00000162. The Hall–Kier alpha value is -1.66. The van der Waals surface area contributed by atoms with Gasteiger partial charge in [0.2, 0.25) is 12.5 Å². The summed E-state index contributed by atoms with van der Waals surface area (Å²) in [7, 11) is 2.79. The van der Waals surface area contributed by atoms with E-state index in [1.165, 1.54) is 14.2 Å². The molecule has 18 heavy (non-hydrogen) atoms. The van der Waals surface area contributed by atoms with E-state index in [-0.39, 0.29) is 19.2 Å². The van der Waals surface area contributed by atoms with Gasteiger partial charge in [0.15, 0.2) is 11.5 Å². The van der Waals surface area contributed by atoms with Gasteiger partial charge >= 0.3 is 5.97 Å². The number of carbonyl (C=O) groups is 1. The van der Waals surface area contributed by atoms with Gasteiger partial charge in [0.25, 0.3) is 0 Å². The van der Waals surface area contributed by atoms with Crippen molar-refractivity contribution < 1.29 is 23.7 Å². The highest BCUT2D eigenvalue weighted by Crippen LogP contribution is 2.42. The van der Waals surface area contributed by atoms with Crippen molar-refractivity contribution in [3.05, 3.63) is 17.7 Å². The maximum Gasteiger partial charge on any atom is 0.327 e. The normalized spacial score (nSPS) is 13.5. The first-order valence-electron chi connectivity index (χ1n) is 4.98. The minimum absolute atomic E-state index is 0. The molecule has 0 fully saturated rings. The fourth-order valence-electron chi connectivity index (χ4n) is 1.59. The van der Waals surface area contributed by atoms with Gasteiger partial charge < -0.3 is 24.7 Å². The molecule has 1 atom stereocenters. The minimum Gasteiger partial charge on any atom is -0.493 e. The van der Waals surface area contributed by atoms with Crippen molar-refractivity contribution in [2.24, 2.45) is 5.73 Å². The second-order valence-corrected chi connectivity index (χ2v) is 3.46. The average Bonchev–Trinajstić information content (AvgIpc) is 2.83. The Morgan fingerprint density at radius 3 is 2.72 bits per heavy atom. The lowest BCUT2D eigenvalue weighted by molar-refractivity contribution is -0.142. The van der Waals surface area contributed by atoms with Crippen LogP contribution in [0.3, 0.4) is 0 Å². The fraction of sp³-hybridized carbons (Fsp3) is 0.364. The summed E-state index contributed by atoms with van der Waals surface area (Å²) in [6.45, 7) is 0.128. The largest absolute Gasteiger partial charge is 0.493 e. The average molecular weight is 276 g/mol. The number of halogens is 1. The van der Waals surface area contributed by atoms with Crippen molar-refractivity contribution >= 4 is 18.4 Å². The number of carbonyl (C=O) groups excluding carboxylic acids is 1. The molecule has 2 rings (SSSR count). The monoisotopic (exact) mass is 275 g/mol. The van der Waals surface area contributed by atoms with Crippen LogP contribution in [-0.2, 0) is 9.53 Å². The molecule has 2 N–H and O–H groups in total. The van der Waals surface area contributed by atoms with Crippen molar-refractivity contribution in [1.29, 1.82) is 0 Å². The smallest absolute Gasteiger partial charge is 0.327 e.